The zero-order valence-electron chi connectivity index (χ0n) is 11.3. The van der Waals surface area contributed by atoms with Crippen LogP contribution in [0.5, 0.6) is 5.75 Å². The first-order valence-electron chi connectivity index (χ1n) is 5.86. The van der Waals surface area contributed by atoms with Gasteiger partial charge in [0.25, 0.3) is 0 Å². The van der Waals surface area contributed by atoms with E-state index >= 15 is 0 Å². The molecule has 1 amide bonds. The van der Waals surface area contributed by atoms with Crippen LogP contribution < -0.4 is 15.4 Å². The zero-order valence-corrected chi connectivity index (χ0v) is 12.1. The zero-order chi connectivity index (χ0) is 13.5. The molecule has 1 rings (SSSR count). The van der Waals surface area contributed by atoms with Gasteiger partial charge in [-0.2, -0.15) is 0 Å². The number of carbonyl (C=O) groups is 1. The highest BCUT2D eigenvalue weighted by molar-refractivity contribution is 5.85. The number of ether oxygens (including phenoxy) is 1. The average molecular weight is 291 g/mol. The third-order valence-corrected chi connectivity index (χ3v) is 2.64. The van der Waals surface area contributed by atoms with E-state index in [1.54, 1.807) is 20.0 Å². The summed E-state index contributed by atoms with van der Waals surface area (Å²) in [6, 6.07) is 3.97. The summed E-state index contributed by atoms with van der Waals surface area (Å²) in [5, 5.41) is 5.71. The minimum atomic E-state index is -0.345. The summed E-state index contributed by atoms with van der Waals surface area (Å²) in [7, 11) is 3.30. The second-order valence-electron chi connectivity index (χ2n) is 4.03. The average Bonchev–Trinajstić information content (AvgIpc) is 2.36. The number of carbonyl (C=O) groups excluding carboxylic acids is 1. The Morgan fingerprint density at radius 1 is 1.47 bits per heavy atom. The molecule has 1 aromatic rings. The highest BCUT2D eigenvalue weighted by atomic mass is 35.5. The van der Waals surface area contributed by atoms with Crippen LogP contribution in [0.3, 0.4) is 0 Å². The van der Waals surface area contributed by atoms with E-state index in [2.05, 4.69) is 10.6 Å². The minimum absolute atomic E-state index is 0. The fourth-order valence-electron chi connectivity index (χ4n) is 1.67. The summed E-state index contributed by atoms with van der Waals surface area (Å²) in [5.74, 6) is 0.142. The van der Waals surface area contributed by atoms with Crippen LogP contribution in [0.4, 0.5) is 4.39 Å². The van der Waals surface area contributed by atoms with Crippen LogP contribution in [0, 0.1) is 5.82 Å². The highest BCUT2D eigenvalue weighted by Gasteiger charge is 2.14. The van der Waals surface area contributed by atoms with Crippen molar-refractivity contribution in [1.82, 2.24) is 10.6 Å². The van der Waals surface area contributed by atoms with Crippen LogP contribution in [-0.2, 0) is 4.79 Å². The first-order chi connectivity index (χ1) is 8.58. The third kappa shape index (κ3) is 5.44. The second-order valence-corrected chi connectivity index (χ2v) is 4.03. The molecule has 0 saturated carbocycles. The molecular weight excluding hydrogens is 271 g/mol. The van der Waals surface area contributed by atoms with Crippen molar-refractivity contribution in [3.63, 3.8) is 0 Å². The molecule has 1 atom stereocenters. The quantitative estimate of drug-likeness (QED) is 0.843. The molecule has 6 heteroatoms. The first kappa shape index (κ1) is 17.7. The Balaban J connectivity index is 0.00000324. The van der Waals surface area contributed by atoms with Crippen molar-refractivity contribution in [3.05, 3.63) is 29.6 Å². The van der Waals surface area contributed by atoms with E-state index in [4.69, 9.17) is 4.74 Å². The number of benzene rings is 1. The third-order valence-electron chi connectivity index (χ3n) is 2.64. The molecule has 0 spiro atoms. The summed E-state index contributed by atoms with van der Waals surface area (Å²) in [4.78, 5) is 11.6. The summed E-state index contributed by atoms with van der Waals surface area (Å²) in [6.45, 7) is 2.41. The first-order valence-corrected chi connectivity index (χ1v) is 5.86. The molecule has 0 aliphatic rings. The van der Waals surface area contributed by atoms with E-state index < -0.39 is 0 Å². The van der Waals surface area contributed by atoms with Gasteiger partial charge < -0.3 is 15.4 Å². The Morgan fingerprint density at radius 2 is 2.16 bits per heavy atom. The van der Waals surface area contributed by atoms with Crippen molar-refractivity contribution in [1.29, 1.82) is 0 Å². The van der Waals surface area contributed by atoms with Crippen LogP contribution in [0.25, 0.3) is 0 Å². The molecule has 108 valence electrons. The Morgan fingerprint density at radius 3 is 2.74 bits per heavy atom. The number of amides is 1. The van der Waals surface area contributed by atoms with Crippen LogP contribution in [0.1, 0.15) is 24.9 Å². The monoisotopic (exact) mass is 290 g/mol. The van der Waals surface area contributed by atoms with Gasteiger partial charge in [-0.25, -0.2) is 4.39 Å². The molecule has 0 aliphatic heterocycles. The summed E-state index contributed by atoms with van der Waals surface area (Å²) < 4.78 is 18.4. The fourth-order valence-corrected chi connectivity index (χ4v) is 1.67. The Hall–Kier alpha value is -1.33. The van der Waals surface area contributed by atoms with Crippen molar-refractivity contribution < 1.29 is 13.9 Å². The number of methoxy groups -OCH3 is 1. The van der Waals surface area contributed by atoms with E-state index in [0.717, 1.165) is 0 Å². The number of nitrogens with one attached hydrogen (secondary N) is 2. The van der Waals surface area contributed by atoms with E-state index in [0.29, 0.717) is 24.3 Å². The largest absolute Gasteiger partial charge is 0.496 e. The lowest BCUT2D eigenvalue weighted by atomic mass is 10.1. The molecule has 0 fully saturated rings. The topological polar surface area (TPSA) is 50.4 Å². The van der Waals surface area contributed by atoms with Crippen molar-refractivity contribution in [2.75, 3.05) is 20.7 Å². The normalized spacial score (nSPS) is 11.4. The van der Waals surface area contributed by atoms with Gasteiger partial charge in [0.2, 0.25) is 5.91 Å². The standard InChI is InChI=1S/C13H19FN2O2.ClH/c1-9(16-13(17)6-7-15-2)11-8-10(14)4-5-12(11)18-3;/h4-5,8-9,15H,6-7H2,1-3H3,(H,16,17);1H. The molecule has 0 saturated heterocycles. The fraction of sp³-hybridized carbons (Fsp3) is 0.462. The molecule has 0 bridgehead atoms. The van der Waals surface area contributed by atoms with Gasteiger partial charge >= 0.3 is 0 Å². The van der Waals surface area contributed by atoms with Crippen LogP contribution in [0.2, 0.25) is 0 Å². The van der Waals surface area contributed by atoms with Crippen molar-refractivity contribution in [2.24, 2.45) is 0 Å². The van der Waals surface area contributed by atoms with Crippen LogP contribution in [-0.4, -0.2) is 26.6 Å². The lowest BCUT2D eigenvalue weighted by molar-refractivity contribution is -0.121. The second kappa shape index (κ2) is 8.72. The molecule has 1 aromatic carbocycles. The lowest BCUT2D eigenvalue weighted by Crippen LogP contribution is -2.29. The number of rotatable bonds is 6. The van der Waals surface area contributed by atoms with E-state index in [1.165, 1.54) is 19.2 Å². The van der Waals surface area contributed by atoms with Gasteiger partial charge in [0.05, 0.1) is 13.2 Å². The molecule has 0 aromatic heterocycles. The Labute approximate surface area is 119 Å². The smallest absolute Gasteiger partial charge is 0.221 e. The number of hydrogen-bond acceptors (Lipinski definition) is 3. The molecule has 4 nitrogen and oxygen atoms in total. The van der Waals surface area contributed by atoms with Crippen molar-refractivity contribution >= 4 is 18.3 Å². The molecule has 2 N–H and O–H groups in total. The Kier molecular flexibility index (Phi) is 8.11. The van der Waals surface area contributed by atoms with Gasteiger partial charge in [-0.3, -0.25) is 4.79 Å². The SMILES string of the molecule is CNCCC(=O)NC(C)c1cc(F)ccc1OC.Cl. The van der Waals surface area contributed by atoms with Gasteiger partial charge in [0.1, 0.15) is 11.6 Å². The van der Waals surface area contributed by atoms with Gasteiger partial charge in [-0.1, -0.05) is 0 Å². The van der Waals surface area contributed by atoms with Gasteiger partial charge in [0.15, 0.2) is 0 Å². The van der Waals surface area contributed by atoms with E-state index in [-0.39, 0.29) is 30.2 Å². The van der Waals surface area contributed by atoms with E-state index in [9.17, 15) is 9.18 Å². The van der Waals surface area contributed by atoms with E-state index in [1.807, 2.05) is 0 Å². The molecule has 0 heterocycles. The molecule has 19 heavy (non-hydrogen) atoms. The minimum Gasteiger partial charge on any atom is -0.496 e. The molecule has 0 radical (unpaired) electrons. The van der Waals surface area contributed by atoms with Gasteiger partial charge in [0, 0.05) is 18.5 Å². The number of halogens is 2. The maximum Gasteiger partial charge on any atom is 0.221 e. The predicted octanol–water partition coefficient (Wildman–Crippen LogP) is 2.04. The van der Waals surface area contributed by atoms with Crippen molar-refractivity contribution in [2.45, 2.75) is 19.4 Å². The maximum absolute atomic E-state index is 13.2. The Bertz CT molecular complexity index is 416. The molecular formula is C13H20ClFN2O2. The van der Waals surface area contributed by atoms with Gasteiger partial charge in [-0.15, -0.1) is 12.4 Å². The number of hydrogen-bond donors (Lipinski definition) is 2. The maximum atomic E-state index is 13.2. The molecule has 1 unspecified atom stereocenters. The van der Waals surface area contributed by atoms with Crippen LogP contribution in [0.15, 0.2) is 18.2 Å². The summed E-state index contributed by atoms with van der Waals surface area (Å²) in [5.41, 5.74) is 0.635. The highest BCUT2D eigenvalue weighted by Crippen LogP contribution is 2.25. The lowest BCUT2D eigenvalue weighted by Gasteiger charge is -2.17. The van der Waals surface area contributed by atoms with Crippen molar-refractivity contribution in [3.8, 4) is 5.75 Å². The van der Waals surface area contributed by atoms with Crippen LogP contribution >= 0.6 is 12.4 Å². The molecule has 0 aliphatic carbocycles. The summed E-state index contributed by atoms with van der Waals surface area (Å²) >= 11 is 0. The predicted molar refractivity (Wildman–Crippen MR) is 75.3 cm³/mol. The van der Waals surface area contributed by atoms with Gasteiger partial charge in [-0.05, 0) is 32.2 Å². The summed E-state index contributed by atoms with van der Waals surface area (Å²) in [6.07, 6.45) is 0.387.